The summed E-state index contributed by atoms with van der Waals surface area (Å²) in [6, 6.07) is 0. The van der Waals surface area contributed by atoms with Crippen molar-refractivity contribution in [1.82, 2.24) is 0 Å². The number of likely N-dealkylation sites (N-methyl/N-ethyl adjacent to an activating group) is 1. The van der Waals surface area contributed by atoms with Crippen LogP contribution in [0.2, 0.25) is 0 Å². The van der Waals surface area contributed by atoms with E-state index in [1.54, 1.807) is 0 Å². The number of esters is 2. The molecule has 0 aliphatic carbocycles. The summed E-state index contributed by atoms with van der Waals surface area (Å²) in [4.78, 5) is 37.1. The van der Waals surface area contributed by atoms with Gasteiger partial charge in [-0.1, -0.05) is 156 Å². The van der Waals surface area contributed by atoms with Crippen molar-refractivity contribution in [1.29, 1.82) is 0 Å². The van der Waals surface area contributed by atoms with Gasteiger partial charge in [0.15, 0.2) is 12.4 Å². The molecule has 2 atom stereocenters. The van der Waals surface area contributed by atoms with E-state index >= 15 is 0 Å². The molecule has 0 fully saturated rings. The predicted octanol–water partition coefficient (Wildman–Crippen LogP) is 12.1. The maximum atomic E-state index is 12.8. The minimum absolute atomic E-state index is 0.132. The Kier molecular flexibility index (Phi) is 42.1. The van der Waals surface area contributed by atoms with Crippen LogP contribution in [-0.2, 0) is 33.3 Å². The molecule has 0 aliphatic rings. The molecule has 0 bridgehead atoms. The van der Waals surface area contributed by atoms with E-state index in [1.165, 1.54) is 44.9 Å². The normalized spacial score (nSPS) is 13.7. The van der Waals surface area contributed by atoms with Gasteiger partial charge in [-0.25, -0.2) is 0 Å². The molecule has 0 spiro atoms. The number of allylic oxidation sites excluding steroid dienone is 16. The third kappa shape index (κ3) is 46.0. The lowest BCUT2D eigenvalue weighted by Crippen LogP contribution is -2.44. The standard InChI is InChI=1S/C54H89NO8/c1-6-8-10-12-14-16-18-20-22-24-25-26-27-29-31-33-35-37-39-41-43-45-52(57)63-50(49-62-54(53(58)59)60-47-46-55(3,4)5)48-61-51(56)44-42-40-38-36-34-32-30-28-23-21-19-17-15-13-11-9-7-2/h8,10,14-17,20-23,25-26,29,31,35,37,50,54H,6-7,9,11-13,18-19,24,27-28,30,32-34,36,38-49H2,1-5H3/b10-8-,16-14-,17-15-,22-20-,23-21-,26-25-,31-29-,37-35-. The van der Waals surface area contributed by atoms with E-state index < -0.39 is 24.3 Å². The smallest absolute Gasteiger partial charge is 0.306 e. The molecular formula is C54H89NO8. The predicted molar refractivity (Wildman–Crippen MR) is 260 cm³/mol. The fourth-order valence-corrected chi connectivity index (χ4v) is 6.04. The highest BCUT2D eigenvalue weighted by atomic mass is 16.7. The van der Waals surface area contributed by atoms with Crippen LogP contribution in [0, 0.1) is 0 Å². The third-order valence-corrected chi connectivity index (χ3v) is 9.82. The molecule has 0 aromatic rings. The average molecular weight is 880 g/mol. The van der Waals surface area contributed by atoms with Gasteiger partial charge in [-0.15, -0.1) is 0 Å². The van der Waals surface area contributed by atoms with Crippen molar-refractivity contribution in [3.8, 4) is 0 Å². The molecule has 2 unspecified atom stereocenters. The fourth-order valence-electron chi connectivity index (χ4n) is 6.04. The second-order valence-corrected chi connectivity index (χ2v) is 17.0. The average Bonchev–Trinajstić information content (AvgIpc) is 3.24. The van der Waals surface area contributed by atoms with E-state index in [4.69, 9.17) is 18.9 Å². The van der Waals surface area contributed by atoms with Crippen LogP contribution >= 0.6 is 0 Å². The van der Waals surface area contributed by atoms with Crippen LogP contribution in [0.1, 0.15) is 168 Å². The minimum atomic E-state index is -1.64. The van der Waals surface area contributed by atoms with E-state index in [0.717, 1.165) is 89.9 Å². The van der Waals surface area contributed by atoms with Crippen LogP contribution in [-0.4, -0.2) is 82.3 Å². The lowest BCUT2D eigenvalue weighted by atomic mass is 10.1. The third-order valence-electron chi connectivity index (χ3n) is 9.82. The molecule has 63 heavy (non-hydrogen) atoms. The molecule has 9 nitrogen and oxygen atoms in total. The topological polar surface area (TPSA) is 111 Å². The Balaban J connectivity index is 4.51. The molecule has 0 saturated carbocycles. The quantitative estimate of drug-likeness (QED) is 0.0196. The number of carboxylic acids is 1. The van der Waals surface area contributed by atoms with Gasteiger partial charge in [-0.2, -0.15) is 0 Å². The zero-order valence-electron chi connectivity index (χ0n) is 40.4. The summed E-state index contributed by atoms with van der Waals surface area (Å²) in [6.07, 6.45) is 55.8. The Morgan fingerprint density at radius 1 is 0.492 bits per heavy atom. The van der Waals surface area contributed by atoms with Crippen LogP contribution in [0.15, 0.2) is 97.2 Å². The second kappa shape index (κ2) is 44.8. The van der Waals surface area contributed by atoms with Crippen molar-refractivity contribution in [2.24, 2.45) is 0 Å². The summed E-state index contributed by atoms with van der Waals surface area (Å²) in [5, 5.41) is 11.7. The van der Waals surface area contributed by atoms with Crippen molar-refractivity contribution < 1.29 is 42.9 Å². The van der Waals surface area contributed by atoms with Gasteiger partial charge in [-0.3, -0.25) is 9.59 Å². The molecule has 0 N–H and O–H groups in total. The molecule has 0 aliphatic heterocycles. The van der Waals surface area contributed by atoms with E-state index in [-0.39, 0.29) is 38.6 Å². The number of aliphatic carboxylic acids is 1. The molecular weight excluding hydrogens is 791 g/mol. The monoisotopic (exact) mass is 880 g/mol. The van der Waals surface area contributed by atoms with Crippen molar-refractivity contribution in [2.75, 3.05) is 47.5 Å². The van der Waals surface area contributed by atoms with Gasteiger partial charge >= 0.3 is 11.9 Å². The number of rotatable bonds is 43. The van der Waals surface area contributed by atoms with E-state index in [2.05, 4.69) is 111 Å². The van der Waals surface area contributed by atoms with Crippen LogP contribution in [0.25, 0.3) is 0 Å². The van der Waals surface area contributed by atoms with Gasteiger partial charge in [0.1, 0.15) is 13.2 Å². The summed E-state index contributed by atoms with van der Waals surface area (Å²) in [7, 11) is 5.88. The number of hydrogen-bond acceptors (Lipinski definition) is 8. The van der Waals surface area contributed by atoms with Crippen molar-refractivity contribution >= 4 is 17.9 Å². The van der Waals surface area contributed by atoms with E-state index in [9.17, 15) is 19.5 Å². The SMILES string of the molecule is CC/C=C\C/C=C\C/C=C\C/C=C\C/C=C\C/C=C\CCCCC(=O)OC(COC(=O)CCCCCCCCC/C=C\C/C=C\CCCCC)COC(OCC[N+](C)(C)C)C(=O)[O-]. The van der Waals surface area contributed by atoms with E-state index in [0.29, 0.717) is 17.4 Å². The number of ether oxygens (including phenoxy) is 4. The van der Waals surface area contributed by atoms with Crippen LogP contribution < -0.4 is 5.11 Å². The fraction of sp³-hybridized carbons (Fsp3) is 0.648. The first-order valence-corrected chi connectivity index (χ1v) is 24.4. The van der Waals surface area contributed by atoms with Crippen molar-refractivity contribution in [2.45, 2.75) is 180 Å². The summed E-state index contributed by atoms with van der Waals surface area (Å²) < 4.78 is 22.5. The molecule has 0 heterocycles. The van der Waals surface area contributed by atoms with Gasteiger partial charge in [0.05, 0.1) is 40.3 Å². The molecule has 0 aromatic heterocycles. The molecule has 9 heteroatoms. The van der Waals surface area contributed by atoms with Crippen molar-refractivity contribution in [3.63, 3.8) is 0 Å². The van der Waals surface area contributed by atoms with Gasteiger partial charge < -0.3 is 33.3 Å². The lowest BCUT2D eigenvalue weighted by molar-refractivity contribution is -0.870. The van der Waals surface area contributed by atoms with Gasteiger partial charge in [-0.05, 0) is 96.3 Å². The first-order chi connectivity index (χ1) is 30.6. The molecule has 0 saturated heterocycles. The Hall–Kier alpha value is -3.79. The van der Waals surface area contributed by atoms with Gasteiger partial charge in [0.2, 0.25) is 0 Å². The number of hydrogen-bond donors (Lipinski definition) is 0. The number of unbranched alkanes of at least 4 members (excludes halogenated alkanes) is 12. The maximum absolute atomic E-state index is 12.8. The summed E-state index contributed by atoms with van der Waals surface area (Å²) >= 11 is 0. The van der Waals surface area contributed by atoms with Crippen LogP contribution in [0.3, 0.4) is 0 Å². The Morgan fingerprint density at radius 2 is 0.905 bits per heavy atom. The molecule has 358 valence electrons. The number of nitrogens with zero attached hydrogens (tertiary/aromatic N) is 1. The zero-order valence-corrected chi connectivity index (χ0v) is 40.4. The Morgan fingerprint density at radius 3 is 1.38 bits per heavy atom. The summed E-state index contributed by atoms with van der Waals surface area (Å²) in [6.45, 7) is 4.52. The first-order valence-electron chi connectivity index (χ1n) is 24.4. The Bertz CT molecular complexity index is 1350. The number of carbonyl (C=O) groups is 3. The largest absolute Gasteiger partial charge is 0.545 e. The number of carbonyl (C=O) groups excluding carboxylic acids is 3. The zero-order chi connectivity index (χ0) is 46.3. The second-order valence-electron chi connectivity index (χ2n) is 17.0. The molecule has 0 amide bonds. The van der Waals surface area contributed by atoms with Crippen LogP contribution in [0.5, 0.6) is 0 Å². The van der Waals surface area contributed by atoms with Crippen LogP contribution in [0.4, 0.5) is 0 Å². The molecule has 0 rings (SSSR count). The highest BCUT2D eigenvalue weighted by Gasteiger charge is 2.21. The highest BCUT2D eigenvalue weighted by Crippen LogP contribution is 2.12. The lowest BCUT2D eigenvalue weighted by Gasteiger charge is -2.26. The van der Waals surface area contributed by atoms with Gasteiger partial charge in [0.25, 0.3) is 0 Å². The molecule has 0 radical (unpaired) electrons. The Labute approximate surface area is 384 Å². The maximum Gasteiger partial charge on any atom is 0.306 e. The van der Waals surface area contributed by atoms with Crippen molar-refractivity contribution in [3.05, 3.63) is 97.2 Å². The van der Waals surface area contributed by atoms with Gasteiger partial charge in [0, 0.05) is 12.8 Å². The molecule has 0 aromatic carbocycles. The minimum Gasteiger partial charge on any atom is -0.545 e. The summed E-state index contributed by atoms with van der Waals surface area (Å²) in [5.41, 5.74) is 0. The highest BCUT2D eigenvalue weighted by molar-refractivity contribution is 5.70. The van der Waals surface area contributed by atoms with E-state index in [1.807, 2.05) is 21.1 Å². The summed E-state index contributed by atoms with van der Waals surface area (Å²) in [5.74, 6) is -2.37. The first kappa shape index (κ1) is 59.2. The number of carboxylic acid groups (broad SMARTS) is 1. The number of quaternary nitrogens is 1.